The van der Waals surface area contributed by atoms with Gasteiger partial charge in [0, 0.05) is 10.1 Å². The van der Waals surface area contributed by atoms with Crippen molar-refractivity contribution in [1.29, 1.82) is 0 Å². The molecule has 3 unspecified atom stereocenters. The summed E-state index contributed by atoms with van der Waals surface area (Å²) in [6.45, 7) is 10.8. The van der Waals surface area contributed by atoms with Crippen molar-refractivity contribution in [2.75, 3.05) is 0 Å². The van der Waals surface area contributed by atoms with E-state index in [0.29, 0.717) is 17.3 Å². The topological polar surface area (TPSA) is 37.3 Å². The number of nitrogens with one attached hydrogen (secondary N) is 1. The highest BCUT2D eigenvalue weighted by atomic mass is 32.2. The first-order valence-electron chi connectivity index (χ1n) is 6.40. The lowest BCUT2D eigenvalue weighted by Gasteiger charge is -2.25. The smallest absolute Gasteiger partial charge is 0.157 e. The molecule has 100 valence electrons. The third-order valence-corrected chi connectivity index (χ3v) is 5.29. The maximum Gasteiger partial charge on any atom is 0.157 e. The Morgan fingerprint density at radius 3 is 2.61 bits per heavy atom. The van der Waals surface area contributed by atoms with Crippen LogP contribution in [0.1, 0.15) is 48.8 Å². The molecule has 0 saturated carbocycles. The number of aryl methyl sites for hydroxylation is 2. The van der Waals surface area contributed by atoms with Gasteiger partial charge in [0.2, 0.25) is 0 Å². The number of rotatable bonds is 2. The summed E-state index contributed by atoms with van der Waals surface area (Å²) in [6, 6.07) is 0.722. The molecule has 1 N–H and O–H groups in total. The van der Waals surface area contributed by atoms with Gasteiger partial charge in [-0.05, 0) is 34.1 Å². The lowest BCUT2D eigenvalue weighted by atomic mass is 10.2. The van der Waals surface area contributed by atoms with E-state index >= 15 is 0 Å². The van der Waals surface area contributed by atoms with Crippen LogP contribution in [0.4, 0.5) is 0 Å². The summed E-state index contributed by atoms with van der Waals surface area (Å²) in [6.07, 6.45) is 1.17. The third-order valence-electron chi connectivity index (χ3n) is 3.00. The SMILES string of the molecule is Cc1nc(C)c(C(C)NC2=NC(C)CC(C)S2)s1. The van der Waals surface area contributed by atoms with Crippen LogP contribution in [-0.2, 0) is 0 Å². The molecule has 0 spiro atoms. The van der Waals surface area contributed by atoms with Crippen LogP contribution in [0.3, 0.4) is 0 Å². The molecule has 0 aromatic carbocycles. The average Bonchev–Trinajstić information content (AvgIpc) is 2.56. The lowest BCUT2D eigenvalue weighted by Crippen LogP contribution is -2.30. The van der Waals surface area contributed by atoms with Crippen LogP contribution in [-0.4, -0.2) is 21.4 Å². The second-order valence-corrected chi connectivity index (χ2v) is 7.66. The Hall–Kier alpha value is -0.550. The largest absolute Gasteiger partial charge is 0.358 e. The standard InChI is InChI=1S/C13H21N3S2/c1-7-6-8(2)17-13(14-7)16-10(4)12-9(3)15-11(5)18-12/h7-8,10H,6H2,1-5H3,(H,14,16). The zero-order chi connectivity index (χ0) is 13.3. The second-order valence-electron chi connectivity index (χ2n) is 5.00. The highest BCUT2D eigenvalue weighted by molar-refractivity contribution is 8.14. The maximum atomic E-state index is 4.69. The van der Waals surface area contributed by atoms with Gasteiger partial charge in [-0.3, -0.25) is 4.99 Å². The molecule has 0 fully saturated rings. The van der Waals surface area contributed by atoms with Crippen molar-refractivity contribution >= 4 is 28.3 Å². The minimum atomic E-state index is 0.292. The molecular formula is C13H21N3S2. The molecule has 2 heterocycles. The monoisotopic (exact) mass is 283 g/mol. The first-order chi connectivity index (χ1) is 8.45. The Bertz CT molecular complexity index is 453. The van der Waals surface area contributed by atoms with E-state index in [1.165, 1.54) is 11.3 Å². The number of thioether (sulfide) groups is 1. The summed E-state index contributed by atoms with van der Waals surface area (Å²) < 4.78 is 0. The van der Waals surface area contributed by atoms with Gasteiger partial charge in [-0.2, -0.15) is 0 Å². The fraction of sp³-hybridized carbons (Fsp3) is 0.692. The van der Waals surface area contributed by atoms with Crippen LogP contribution in [0.2, 0.25) is 0 Å². The van der Waals surface area contributed by atoms with Gasteiger partial charge in [-0.1, -0.05) is 18.7 Å². The molecule has 1 aliphatic rings. The first-order valence-corrected chi connectivity index (χ1v) is 8.10. The molecule has 1 aromatic heterocycles. The van der Waals surface area contributed by atoms with E-state index in [-0.39, 0.29) is 0 Å². The van der Waals surface area contributed by atoms with Crippen molar-refractivity contribution in [3.8, 4) is 0 Å². The van der Waals surface area contributed by atoms with E-state index in [2.05, 4.69) is 49.9 Å². The van der Waals surface area contributed by atoms with E-state index in [1.54, 1.807) is 11.3 Å². The molecule has 0 aliphatic carbocycles. The Morgan fingerprint density at radius 1 is 1.33 bits per heavy atom. The number of aliphatic imine (C=N–C) groups is 1. The molecule has 5 heteroatoms. The molecule has 0 saturated heterocycles. The molecule has 3 nitrogen and oxygen atoms in total. The van der Waals surface area contributed by atoms with Crippen LogP contribution in [0.15, 0.2) is 4.99 Å². The summed E-state index contributed by atoms with van der Waals surface area (Å²) in [5, 5.41) is 6.40. The number of thiazole rings is 1. The number of aromatic nitrogens is 1. The second kappa shape index (κ2) is 5.61. The quantitative estimate of drug-likeness (QED) is 0.899. The van der Waals surface area contributed by atoms with Gasteiger partial charge in [-0.15, -0.1) is 11.3 Å². The summed E-state index contributed by atoms with van der Waals surface area (Å²) in [4.78, 5) is 10.5. The Morgan fingerprint density at radius 2 is 2.06 bits per heavy atom. The summed E-state index contributed by atoms with van der Waals surface area (Å²) >= 11 is 3.62. The molecule has 3 atom stereocenters. The molecule has 18 heavy (non-hydrogen) atoms. The molecular weight excluding hydrogens is 262 g/mol. The van der Waals surface area contributed by atoms with Gasteiger partial charge in [0.1, 0.15) is 0 Å². The Kier molecular flexibility index (Phi) is 4.33. The predicted molar refractivity (Wildman–Crippen MR) is 81.7 cm³/mol. The lowest BCUT2D eigenvalue weighted by molar-refractivity contribution is 0.644. The zero-order valence-corrected chi connectivity index (χ0v) is 13.3. The zero-order valence-electron chi connectivity index (χ0n) is 11.7. The average molecular weight is 283 g/mol. The van der Waals surface area contributed by atoms with Crippen molar-refractivity contribution in [1.82, 2.24) is 10.3 Å². The molecule has 0 radical (unpaired) electrons. The minimum absolute atomic E-state index is 0.292. The van der Waals surface area contributed by atoms with E-state index in [9.17, 15) is 0 Å². The first kappa shape index (κ1) is 13.9. The van der Waals surface area contributed by atoms with Crippen LogP contribution >= 0.6 is 23.1 Å². The number of amidine groups is 1. The molecule has 0 amide bonds. The molecule has 1 aliphatic heterocycles. The summed E-state index contributed by atoms with van der Waals surface area (Å²) in [7, 11) is 0. The highest BCUT2D eigenvalue weighted by Gasteiger charge is 2.21. The van der Waals surface area contributed by atoms with Gasteiger partial charge in [0.05, 0.1) is 22.8 Å². The maximum absolute atomic E-state index is 4.69. The van der Waals surface area contributed by atoms with Gasteiger partial charge in [0.25, 0.3) is 0 Å². The van der Waals surface area contributed by atoms with Crippen LogP contribution < -0.4 is 5.32 Å². The Labute approximate surface area is 118 Å². The van der Waals surface area contributed by atoms with E-state index in [0.717, 1.165) is 15.9 Å². The van der Waals surface area contributed by atoms with Gasteiger partial charge < -0.3 is 5.32 Å². The van der Waals surface area contributed by atoms with Crippen molar-refractivity contribution in [3.63, 3.8) is 0 Å². The summed E-state index contributed by atoms with van der Waals surface area (Å²) in [5.41, 5.74) is 1.14. The van der Waals surface area contributed by atoms with Gasteiger partial charge >= 0.3 is 0 Å². The number of nitrogens with zero attached hydrogens (tertiary/aromatic N) is 2. The van der Waals surface area contributed by atoms with Gasteiger partial charge in [-0.25, -0.2) is 4.98 Å². The highest BCUT2D eigenvalue weighted by Crippen LogP contribution is 2.28. The molecule has 0 bridgehead atoms. The molecule has 1 aromatic rings. The van der Waals surface area contributed by atoms with Crippen LogP contribution in [0.25, 0.3) is 0 Å². The molecule has 2 rings (SSSR count). The van der Waals surface area contributed by atoms with Crippen LogP contribution in [0.5, 0.6) is 0 Å². The van der Waals surface area contributed by atoms with Crippen molar-refractivity contribution in [2.24, 2.45) is 4.99 Å². The van der Waals surface area contributed by atoms with Crippen LogP contribution in [0, 0.1) is 13.8 Å². The van der Waals surface area contributed by atoms with E-state index in [1.807, 2.05) is 11.8 Å². The van der Waals surface area contributed by atoms with E-state index < -0.39 is 0 Å². The number of hydrogen-bond acceptors (Lipinski definition) is 5. The van der Waals surface area contributed by atoms with Crippen molar-refractivity contribution in [2.45, 2.75) is 58.4 Å². The predicted octanol–water partition coefficient (Wildman–Crippen LogP) is 3.68. The Balaban J connectivity index is 2.07. The van der Waals surface area contributed by atoms with E-state index in [4.69, 9.17) is 0 Å². The van der Waals surface area contributed by atoms with Gasteiger partial charge in [0.15, 0.2) is 5.17 Å². The van der Waals surface area contributed by atoms with Crippen molar-refractivity contribution < 1.29 is 0 Å². The third kappa shape index (κ3) is 3.26. The fourth-order valence-corrected chi connectivity index (χ4v) is 4.44. The minimum Gasteiger partial charge on any atom is -0.358 e. The normalized spacial score (nSPS) is 25.7. The van der Waals surface area contributed by atoms with Crippen molar-refractivity contribution in [3.05, 3.63) is 15.6 Å². The fourth-order valence-electron chi connectivity index (χ4n) is 2.27. The number of hydrogen-bond donors (Lipinski definition) is 1. The summed E-state index contributed by atoms with van der Waals surface area (Å²) in [5.74, 6) is 0.